The van der Waals surface area contributed by atoms with Crippen LogP contribution in [0.15, 0.2) is 18.2 Å². The van der Waals surface area contributed by atoms with Gasteiger partial charge in [-0.1, -0.05) is 6.42 Å². The SMILES string of the molecule is COc1ccc(C(=O)CN2[C@H](C)CCC[C@@H]2C)cc1F. The molecule has 0 radical (unpaired) electrons. The summed E-state index contributed by atoms with van der Waals surface area (Å²) in [7, 11) is 1.41. The van der Waals surface area contributed by atoms with E-state index in [1.165, 1.54) is 25.7 Å². The van der Waals surface area contributed by atoms with Gasteiger partial charge in [0.2, 0.25) is 0 Å². The van der Waals surface area contributed by atoms with Crippen LogP contribution in [0.2, 0.25) is 0 Å². The standard InChI is InChI=1S/C16H22FNO2/c1-11-5-4-6-12(2)18(11)10-15(19)13-7-8-16(20-3)14(17)9-13/h7-9,11-12H,4-6,10H2,1-3H3/t11-,12+. The average molecular weight is 279 g/mol. The number of benzene rings is 1. The molecule has 1 fully saturated rings. The first kappa shape index (κ1) is 15.0. The van der Waals surface area contributed by atoms with E-state index in [0.29, 0.717) is 24.2 Å². The van der Waals surface area contributed by atoms with Crippen molar-refractivity contribution in [2.75, 3.05) is 13.7 Å². The number of rotatable bonds is 4. The number of carbonyl (C=O) groups excluding carboxylic acids is 1. The molecule has 1 saturated heterocycles. The van der Waals surface area contributed by atoms with Crippen LogP contribution in [0.3, 0.4) is 0 Å². The Bertz CT molecular complexity index is 479. The van der Waals surface area contributed by atoms with E-state index in [4.69, 9.17) is 4.74 Å². The number of carbonyl (C=O) groups is 1. The van der Waals surface area contributed by atoms with Crippen LogP contribution in [-0.2, 0) is 0 Å². The Labute approximate surface area is 119 Å². The summed E-state index contributed by atoms with van der Waals surface area (Å²) in [4.78, 5) is 14.5. The minimum Gasteiger partial charge on any atom is -0.494 e. The van der Waals surface area contributed by atoms with E-state index in [9.17, 15) is 9.18 Å². The largest absolute Gasteiger partial charge is 0.494 e. The van der Waals surface area contributed by atoms with Crippen molar-refractivity contribution in [1.29, 1.82) is 0 Å². The normalized spacial score (nSPS) is 23.6. The summed E-state index contributed by atoms with van der Waals surface area (Å²) in [6.45, 7) is 4.66. The van der Waals surface area contributed by atoms with Gasteiger partial charge in [-0.3, -0.25) is 9.69 Å². The zero-order valence-electron chi connectivity index (χ0n) is 12.4. The maximum atomic E-state index is 13.7. The summed E-state index contributed by atoms with van der Waals surface area (Å²) in [5.41, 5.74) is 0.410. The monoisotopic (exact) mass is 279 g/mol. The number of halogens is 1. The fourth-order valence-corrected chi connectivity index (χ4v) is 2.88. The second-order valence-electron chi connectivity index (χ2n) is 5.57. The van der Waals surface area contributed by atoms with Crippen LogP contribution in [0.25, 0.3) is 0 Å². The maximum absolute atomic E-state index is 13.7. The van der Waals surface area contributed by atoms with Crippen LogP contribution in [0, 0.1) is 5.82 Å². The molecule has 1 heterocycles. The number of hydrogen-bond donors (Lipinski definition) is 0. The van der Waals surface area contributed by atoms with Crippen molar-refractivity contribution in [3.63, 3.8) is 0 Å². The maximum Gasteiger partial charge on any atom is 0.176 e. The number of ketones is 1. The van der Waals surface area contributed by atoms with Crippen molar-refractivity contribution < 1.29 is 13.9 Å². The number of nitrogens with zero attached hydrogens (tertiary/aromatic N) is 1. The topological polar surface area (TPSA) is 29.5 Å². The van der Waals surface area contributed by atoms with Gasteiger partial charge in [0.1, 0.15) is 0 Å². The fraction of sp³-hybridized carbons (Fsp3) is 0.562. The predicted molar refractivity (Wildman–Crippen MR) is 76.8 cm³/mol. The third-order valence-corrected chi connectivity index (χ3v) is 4.18. The van der Waals surface area contributed by atoms with Gasteiger partial charge >= 0.3 is 0 Å². The van der Waals surface area contributed by atoms with E-state index in [1.54, 1.807) is 6.07 Å². The minimum atomic E-state index is -0.488. The van der Waals surface area contributed by atoms with Gasteiger partial charge in [0.05, 0.1) is 13.7 Å². The van der Waals surface area contributed by atoms with Gasteiger partial charge in [-0.05, 0) is 44.9 Å². The van der Waals surface area contributed by atoms with Crippen molar-refractivity contribution in [1.82, 2.24) is 4.90 Å². The summed E-state index contributed by atoms with van der Waals surface area (Å²) in [6, 6.07) is 5.21. The molecule has 4 heteroatoms. The van der Waals surface area contributed by atoms with Gasteiger partial charge in [-0.2, -0.15) is 0 Å². The van der Waals surface area contributed by atoms with Gasteiger partial charge < -0.3 is 4.74 Å². The van der Waals surface area contributed by atoms with E-state index >= 15 is 0 Å². The predicted octanol–water partition coefficient (Wildman–Crippen LogP) is 3.28. The molecule has 20 heavy (non-hydrogen) atoms. The lowest BCUT2D eigenvalue weighted by atomic mass is 9.96. The zero-order chi connectivity index (χ0) is 14.7. The van der Waals surface area contributed by atoms with E-state index in [2.05, 4.69) is 18.7 Å². The van der Waals surface area contributed by atoms with Crippen molar-refractivity contribution >= 4 is 5.78 Å². The lowest BCUT2D eigenvalue weighted by molar-refractivity contribution is 0.0734. The quantitative estimate of drug-likeness (QED) is 0.792. The molecule has 0 bridgehead atoms. The molecule has 0 spiro atoms. The van der Waals surface area contributed by atoms with Gasteiger partial charge in [0.25, 0.3) is 0 Å². The lowest BCUT2D eigenvalue weighted by Crippen LogP contribution is -2.46. The molecule has 3 nitrogen and oxygen atoms in total. The first-order valence-electron chi connectivity index (χ1n) is 7.15. The molecule has 0 aliphatic carbocycles. The van der Waals surface area contributed by atoms with Crippen LogP contribution in [-0.4, -0.2) is 36.4 Å². The van der Waals surface area contributed by atoms with Gasteiger partial charge in [-0.25, -0.2) is 4.39 Å². The highest BCUT2D eigenvalue weighted by atomic mass is 19.1. The Balaban J connectivity index is 2.09. The molecule has 2 atom stereocenters. The van der Waals surface area contributed by atoms with Crippen molar-refractivity contribution in [2.24, 2.45) is 0 Å². The van der Waals surface area contributed by atoms with Crippen LogP contribution < -0.4 is 4.74 Å². The number of piperidine rings is 1. The molecule has 1 aliphatic rings. The van der Waals surface area contributed by atoms with E-state index < -0.39 is 5.82 Å². The Morgan fingerprint density at radius 1 is 1.35 bits per heavy atom. The molecule has 0 unspecified atom stereocenters. The number of ether oxygens (including phenoxy) is 1. The fourth-order valence-electron chi connectivity index (χ4n) is 2.88. The molecular formula is C16H22FNO2. The Hall–Kier alpha value is -1.42. The molecule has 1 aromatic rings. The highest BCUT2D eigenvalue weighted by Crippen LogP contribution is 2.23. The molecule has 2 rings (SSSR count). The van der Waals surface area contributed by atoms with Crippen LogP contribution in [0.4, 0.5) is 4.39 Å². The van der Waals surface area contributed by atoms with Crippen LogP contribution in [0.1, 0.15) is 43.5 Å². The van der Waals surface area contributed by atoms with Crippen molar-refractivity contribution in [2.45, 2.75) is 45.2 Å². The second-order valence-corrected chi connectivity index (χ2v) is 5.57. The summed E-state index contributed by atoms with van der Waals surface area (Å²) < 4.78 is 18.5. The molecule has 110 valence electrons. The zero-order valence-corrected chi connectivity index (χ0v) is 12.4. The van der Waals surface area contributed by atoms with Crippen LogP contribution >= 0.6 is 0 Å². The van der Waals surface area contributed by atoms with Crippen molar-refractivity contribution in [3.05, 3.63) is 29.6 Å². The molecule has 0 amide bonds. The second kappa shape index (κ2) is 6.35. The third kappa shape index (κ3) is 3.18. The smallest absolute Gasteiger partial charge is 0.176 e. The average Bonchev–Trinajstić information content (AvgIpc) is 2.42. The summed E-state index contributed by atoms with van der Waals surface area (Å²) in [6.07, 6.45) is 3.45. The number of hydrogen-bond acceptors (Lipinski definition) is 3. The highest BCUT2D eigenvalue weighted by molar-refractivity contribution is 5.97. The Kier molecular flexibility index (Phi) is 4.76. The molecular weight excluding hydrogens is 257 g/mol. The number of Topliss-reactive ketones (excluding diaryl/α,β-unsaturated/α-hetero) is 1. The Morgan fingerprint density at radius 2 is 2.00 bits per heavy atom. The summed E-state index contributed by atoms with van der Waals surface area (Å²) in [5.74, 6) is -0.355. The minimum absolute atomic E-state index is 0.0350. The van der Waals surface area contributed by atoms with E-state index in [1.807, 2.05) is 0 Å². The van der Waals surface area contributed by atoms with E-state index in [0.717, 1.165) is 12.8 Å². The van der Waals surface area contributed by atoms with E-state index in [-0.39, 0.29) is 11.5 Å². The molecule has 0 N–H and O–H groups in total. The molecule has 1 aromatic carbocycles. The van der Waals surface area contributed by atoms with Gasteiger partial charge in [0.15, 0.2) is 17.3 Å². The third-order valence-electron chi connectivity index (χ3n) is 4.18. The summed E-state index contributed by atoms with van der Waals surface area (Å²) >= 11 is 0. The molecule has 1 aliphatic heterocycles. The van der Waals surface area contributed by atoms with Crippen LogP contribution in [0.5, 0.6) is 5.75 Å². The lowest BCUT2D eigenvalue weighted by Gasteiger charge is -2.38. The number of likely N-dealkylation sites (tertiary alicyclic amines) is 1. The van der Waals surface area contributed by atoms with Gasteiger partial charge in [-0.15, -0.1) is 0 Å². The highest BCUT2D eigenvalue weighted by Gasteiger charge is 2.26. The summed E-state index contributed by atoms with van der Waals surface area (Å²) in [5, 5.41) is 0. The first-order chi connectivity index (χ1) is 9.52. The Morgan fingerprint density at radius 3 is 2.55 bits per heavy atom. The van der Waals surface area contributed by atoms with Gasteiger partial charge in [0, 0.05) is 17.6 Å². The molecule has 0 saturated carbocycles. The number of methoxy groups -OCH3 is 1. The first-order valence-corrected chi connectivity index (χ1v) is 7.15. The van der Waals surface area contributed by atoms with Crippen molar-refractivity contribution in [3.8, 4) is 5.75 Å². The molecule has 0 aromatic heterocycles.